The van der Waals surface area contributed by atoms with E-state index in [0.29, 0.717) is 23.7 Å². The molecule has 0 aromatic heterocycles. The Bertz CT molecular complexity index is 1170. The van der Waals surface area contributed by atoms with Gasteiger partial charge in [-0.05, 0) is 66.6 Å². The second-order valence-electron chi connectivity index (χ2n) is 7.09. The summed E-state index contributed by atoms with van der Waals surface area (Å²) in [6.07, 6.45) is -0.703. The van der Waals surface area contributed by atoms with Crippen LogP contribution in [0, 0.1) is 0 Å². The van der Waals surface area contributed by atoms with E-state index < -0.39 is 21.9 Å². The number of halogens is 2. The second kappa shape index (κ2) is 12.2. The smallest absolute Gasteiger partial charge is 0.338 e. The summed E-state index contributed by atoms with van der Waals surface area (Å²) in [6, 6.07) is 19.2. The van der Waals surface area contributed by atoms with Crippen LogP contribution in [0.25, 0.3) is 0 Å². The van der Waals surface area contributed by atoms with Gasteiger partial charge in [-0.15, -0.1) is 12.4 Å². The van der Waals surface area contributed by atoms with Gasteiger partial charge in [0.1, 0.15) is 0 Å². The molecule has 33 heavy (non-hydrogen) atoms. The first-order valence-corrected chi connectivity index (χ1v) is 11.9. The normalized spacial score (nSPS) is 12.0. The molecule has 0 fully saturated rings. The summed E-state index contributed by atoms with van der Waals surface area (Å²) in [4.78, 5) is 12.0. The van der Waals surface area contributed by atoms with Crippen molar-refractivity contribution in [1.29, 1.82) is 0 Å². The number of aliphatic hydroxyl groups excluding tert-OH is 1. The third-order valence-corrected chi connectivity index (χ3v) is 6.83. The molecule has 6 nitrogen and oxygen atoms in total. The zero-order chi connectivity index (χ0) is 23.1. The zero-order valence-electron chi connectivity index (χ0n) is 17.9. The van der Waals surface area contributed by atoms with Crippen molar-refractivity contribution in [3.05, 3.63) is 94.5 Å². The van der Waals surface area contributed by atoms with E-state index >= 15 is 0 Å². The van der Waals surface area contributed by atoms with Gasteiger partial charge in [0.05, 0.1) is 28.1 Å². The molecule has 0 saturated carbocycles. The Balaban J connectivity index is 0.00000385. The molecule has 9 heteroatoms. The predicted molar refractivity (Wildman–Crippen MR) is 130 cm³/mol. The van der Waals surface area contributed by atoms with E-state index in [1.54, 1.807) is 55.5 Å². The molecule has 2 N–H and O–H groups in total. The average Bonchev–Trinajstić information content (AvgIpc) is 2.79. The van der Waals surface area contributed by atoms with Crippen LogP contribution in [-0.4, -0.2) is 32.6 Å². The average molecular weight is 510 g/mol. The number of sulfone groups is 1. The van der Waals surface area contributed by atoms with Crippen LogP contribution in [-0.2, 0) is 21.1 Å². The number of esters is 1. The Morgan fingerprint density at radius 2 is 1.64 bits per heavy atom. The molecule has 0 aliphatic rings. The molecule has 3 aromatic carbocycles. The van der Waals surface area contributed by atoms with E-state index in [1.807, 2.05) is 0 Å². The van der Waals surface area contributed by atoms with Gasteiger partial charge in [-0.1, -0.05) is 35.9 Å². The molecule has 0 saturated heterocycles. The number of carbonyl (C=O) groups is 1. The summed E-state index contributed by atoms with van der Waals surface area (Å²) in [5, 5.41) is 14.0. The number of ether oxygens (including phenoxy) is 1. The summed E-state index contributed by atoms with van der Waals surface area (Å²) >= 11 is 5.95. The maximum atomic E-state index is 12.9. The van der Waals surface area contributed by atoms with Crippen molar-refractivity contribution in [3.8, 4) is 0 Å². The lowest BCUT2D eigenvalue weighted by atomic mass is 10.1. The third-order valence-electron chi connectivity index (χ3n) is 4.81. The van der Waals surface area contributed by atoms with Gasteiger partial charge in [0.25, 0.3) is 0 Å². The lowest BCUT2D eigenvalue weighted by molar-refractivity contribution is 0.0526. The molecule has 3 rings (SSSR count). The van der Waals surface area contributed by atoms with Crippen molar-refractivity contribution < 1.29 is 23.1 Å². The second-order valence-corrected chi connectivity index (χ2v) is 9.48. The highest BCUT2D eigenvalue weighted by atomic mass is 35.5. The number of nitrogens with one attached hydrogen (secondary N) is 1. The molecule has 0 aliphatic heterocycles. The van der Waals surface area contributed by atoms with E-state index in [-0.39, 0.29) is 28.8 Å². The molecule has 176 valence electrons. The first-order valence-electron chi connectivity index (χ1n) is 10.1. The summed E-state index contributed by atoms with van der Waals surface area (Å²) in [5.74, 6) is -0.492. The van der Waals surface area contributed by atoms with Gasteiger partial charge < -0.3 is 15.2 Å². The van der Waals surface area contributed by atoms with Gasteiger partial charge in [-0.25, -0.2) is 13.2 Å². The van der Waals surface area contributed by atoms with Crippen molar-refractivity contribution in [1.82, 2.24) is 5.32 Å². The minimum atomic E-state index is -3.71. The van der Waals surface area contributed by atoms with Gasteiger partial charge in [0.15, 0.2) is 0 Å². The van der Waals surface area contributed by atoms with E-state index in [1.165, 1.54) is 24.3 Å². The minimum absolute atomic E-state index is 0. The number of hydrogen-bond donors (Lipinski definition) is 2. The SMILES string of the molecule is CCOC(=O)c1ccc(S(=O)(=O)c2ccc(CNC[C@@H](O)c3cccc(Cl)c3)cc2)cc1.Cl. The van der Waals surface area contributed by atoms with Crippen LogP contribution >= 0.6 is 24.0 Å². The van der Waals surface area contributed by atoms with Crippen molar-refractivity contribution in [3.63, 3.8) is 0 Å². The number of benzene rings is 3. The van der Waals surface area contributed by atoms with Gasteiger partial charge in [-0.2, -0.15) is 0 Å². The third kappa shape index (κ3) is 7.03. The number of rotatable bonds is 9. The van der Waals surface area contributed by atoms with Crippen LogP contribution in [0.15, 0.2) is 82.6 Å². The molecule has 1 atom stereocenters. The lowest BCUT2D eigenvalue weighted by Crippen LogP contribution is -2.21. The molecule has 0 heterocycles. The molecule has 0 spiro atoms. The Hall–Kier alpha value is -2.42. The highest BCUT2D eigenvalue weighted by Gasteiger charge is 2.18. The number of hydrogen-bond acceptors (Lipinski definition) is 6. The fourth-order valence-electron chi connectivity index (χ4n) is 3.09. The largest absolute Gasteiger partial charge is 0.462 e. The van der Waals surface area contributed by atoms with Crippen LogP contribution in [0.5, 0.6) is 0 Å². The van der Waals surface area contributed by atoms with Crippen molar-refractivity contribution in [2.24, 2.45) is 0 Å². The Morgan fingerprint density at radius 1 is 1.03 bits per heavy atom. The van der Waals surface area contributed by atoms with E-state index in [4.69, 9.17) is 16.3 Å². The fourth-order valence-corrected chi connectivity index (χ4v) is 4.55. The lowest BCUT2D eigenvalue weighted by Gasteiger charge is -2.13. The molecule has 3 aromatic rings. The first-order chi connectivity index (χ1) is 15.3. The Morgan fingerprint density at radius 3 is 2.21 bits per heavy atom. The zero-order valence-corrected chi connectivity index (χ0v) is 20.3. The van der Waals surface area contributed by atoms with Gasteiger partial charge in [0.2, 0.25) is 9.84 Å². The monoisotopic (exact) mass is 509 g/mol. The Labute approximate surface area is 204 Å². The van der Waals surface area contributed by atoms with Gasteiger partial charge >= 0.3 is 5.97 Å². The van der Waals surface area contributed by atoms with Crippen LogP contribution in [0.2, 0.25) is 5.02 Å². The Kier molecular flexibility index (Phi) is 9.88. The topological polar surface area (TPSA) is 92.7 Å². The van der Waals surface area contributed by atoms with Gasteiger partial charge in [-0.3, -0.25) is 0 Å². The summed E-state index contributed by atoms with van der Waals surface area (Å²) in [5.41, 5.74) is 1.90. The highest BCUT2D eigenvalue weighted by Crippen LogP contribution is 2.22. The van der Waals surface area contributed by atoms with Gasteiger partial charge in [0, 0.05) is 18.1 Å². The summed E-state index contributed by atoms with van der Waals surface area (Å²) in [6.45, 7) is 2.75. The van der Waals surface area contributed by atoms with Crippen molar-refractivity contribution >= 4 is 39.8 Å². The first kappa shape index (κ1) is 26.8. The van der Waals surface area contributed by atoms with E-state index in [0.717, 1.165) is 11.1 Å². The summed E-state index contributed by atoms with van der Waals surface area (Å²) < 4.78 is 30.6. The molecular weight excluding hydrogens is 485 g/mol. The van der Waals surface area contributed by atoms with Crippen molar-refractivity contribution in [2.75, 3.05) is 13.2 Å². The maximum Gasteiger partial charge on any atom is 0.338 e. The number of aliphatic hydroxyl groups is 1. The standard InChI is InChI=1S/C24H24ClNO5S.ClH/c1-2-31-24(28)18-8-12-22(13-9-18)32(29,30)21-10-6-17(7-11-21)15-26-16-23(27)19-4-3-5-20(25)14-19;/h3-14,23,26-27H,2,15-16H2,1H3;1H/t23-;/m1./s1. The predicted octanol–water partition coefficient (Wildman–Crippen LogP) is 4.59. The quantitative estimate of drug-likeness (QED) is 0.409. The maximum absolute atomic E-state index is 12.9. The van der Waals surface area contributed by atoms with E-state index in [2.05, 4.69) is 5.32 Å². The molecule has 0 radical (unpaired) electrons. The minimum Gasteiger partial charge on any atom is -0.462 e. The van der Waals surface area contributed by atoms with Crippen LogP contribution in [0.1, 0.15) is 34.5 Å². The highest BCUT2D eigenvalue weighted by molar-refractivity contribution is 7.91. The molecule has 0 bridgehead atoms. The molecule has 0 unspecified atom stereocenters. The van der Waals surface area contributed by atoms with E-state index in [9.17, 15) is 18.3 Å². The van der Waals surface area contributed by atoms with Crippen LogP contribution in [0.3, 0.4) is 0 Å². The summed E-state index contributed by atoms with van der Waals surface area (Å²) in [7, 11) is -3.71. The van der Waals surface area contributed by atoms with Crippen LogP contribution < -0.4 is 5.32 Å². The van der Waals surface area contributed by atoms with Crippen molar-refractivity contribution in [2.45, 2.75) is 29.4 Å². The fraction of sp³-hybridized carbons (Fsp3) is 0.208. The molecule has 0 amide bonds. The molecule has 0 aliphatic carbocycles. The van der Waals surface area contributed by atoms with Crippen LogP contribution in [0.4, 0.5) is 0 Å². The number of carbonyl (C=O) groups excluding carboxylic acids is 1. The molecular formula is C24H25Cl2NO5S.